The Morgan fingerprint density at radius 3 is 2.84 bits per heavy atom. The zero-order valence-corrected chi connectivity index (χ0v) is 14.5. The maximum atomic E-state index is 13.1. The van der Waals surface area contributed by atoms with Gasteiger partial charge in [0.2, 0.25) is 11.8 Å². The molecule has 2 amide bonds. The van der Waals surface area contributed by atoms with Gasteiger partial charge in [-0.15, -0.1) is 0 Å². The maximum Gasteiger partial charge on any atom is 0.240 e. The number of aromatic nitrogens is 2. The number of benzene rings is 1. The number of carbonyl (C=O) groups excluding carboxylic acids is 2. The third-order valence-corrected chi connectivity index (χ3v) is 4.17. The first-order valence-corrected chi connectivity index (χ1v) is 8.62. The van der Waals surface area contributed by atoms with Crippen LogP contribution >= 0.6 is 11.8 Å². The van der Waals surface area contributed by atoms with Crippen molar-refractivity contribution in [3.63, 3.8) is 0 Å². The zero-order chi connectivity index (χ0) is 18.2. The fourth-order valence-corrected chi connectivity index (χ4v) is 2.89. The van der Waals surface area contributed by atoms with E-state index in [0.717, 1.165) is 11.8 Å². The molecule has 0 aliphatic heterocycles. The molecule has 0 radical (unpaired) electrons. The second-order valence-corrected chi connectivity index (χ2v) is 6.02. The van der Waals surface area contributed by atoms with Crippen LogP contribution in [0.25, 0.3) is 0 Å². The Morgan fingerprint density at radius 2 is 2.16 bits per heavy atom. The van der Waals surface area contributed by atoms with Crippen LogP contribution in [-0.2, 0) is 22.7 Å². The van der Waals surface area contributed by atoms with Gasteiger partial charge < -0.3 is 20.3 Å². The van der Waals surface area contributed by atoms with E-state index in [-0.39, 0.29) is 30.7 Å². The minimum atomic E-state index is -0.435. The number of hydrogen-bond donors (Lipinski definition) is 3. The number of rotatable bonds is 8. The van der Waals surface area contributed by atoms with Gasteiger partial charge in [0, 0.05) is 12.2 Å². The quantitative estimate of drug-likeness (QED) is 0.614. The van der Waals surface area contributed by atoms with Crippen LogP contribution in [0.2, 0.25) is 0 Å². The van der Waals surface area contributed by atoms with Gasteiger partial charge in [-0.05, 0) is 25.1 Å². The number of imidazole rings is 1. The van der Waals surface area contributed by atoms with Crippen LogP contribution in [0.5, 0.6) is 0 Å². The van der Waals surface area contributed by atoms with Gasteiger partial charge in [0.15, 0.2) is 5.16 Å². The van der Waals surface area contributed by atoms with Crippen LogP contribution in [0.3, 0.4) is 0 Å². The lowest BCUT2D eigenvalue weighted by Gasteiger charge is -2.10. The van der Waals surface area contributed by atoms with Crippen LogP contribution in [0.15, 0.2) is 35.6 Å². The topological polar surface area (TPSA) is 96.2 Å². The summed E-state index contributed by atoms with van der Waals surface area (Å²) in [7, 11) is 0. The molecule has 0 fully saturated rings. The third kappa shape index (κ3) is 5.57. The summed E-state index contributed by atoms with van der Waals surface area (Å²) < 4.78 is 14.7. The number of hydrogen-bond acceptors (Lipinski definition) is 5. The summed E-state index contributed by atoms with van der Waals surface area (Å²) in [6, 6.07) is 5.61. The van der Waals surface area contributed by atoms with Gasteiger partial charge in [0.1, 0.15) is 12.4 Å². The Labute approximate surface area is 148 Å². The Hall–Kier alpha value is -2.39. The maximum absolute atomic E-state index is 13.1. The zero-order valence-electron chi connectivity index (χ0n) is 13.7. The van der Waals surface area contributed by atoms with Gasteiger partial charge in [-0.1, -0.05) is 17.8 Å². The van der Waals surface area contributed by atoms with Crippen molar-refractivity contribution in [3.05, 3.63) is 42.0 Å². The molecule has 134 valence electrons. The van der Waals surface area contributed by atoms with E-state index >= 15 is 0 Å². The first-order valence-electron chi connectivity index (χ1n) is 7.63. The highest BCUT2D eigenvalue weighted by atomic mass is 32.2. The first-order chi connectivity index (χ1) is 12.0. The van der Waals surface area contributed by atoms with Crippen molar-refractivity contribution in [1.29, 1.82) is 0 Å². The van der Waals surface area contributed by atoms with Crippen LogP contribution < -0.4 is 10.6 Å². The van der Waals surface area contributed by atoms with E-state index in [2.05, 4.69) is 15.6 Å². The molecule has 0 unspecified atom stereocenters. The molecule has 0 aliphatic carbocycles. The lowest BCUT2D eigenvalue weighted by Crippen LogP contribution is -2.28. The van der Waals surface area contributed by atoms with Gasteiger partial charge in [0.05, 0.1) is 24.3 Å². The fourth-order valence-electron chi connectivity index (χ4n) is 2.09. The number of anilines is 1. The highest BCUT2D eigenvalue weighted by Crippen LogP contribution is 2.19. The van der Waals surface area contributed by atoms with E-state index in [9.17, 15) is 19.1 Å². The minimum absolute atomic E-state index is 0.0115. The predicted molar refractivity (Wildman–Crippen MR) is 92.6 cm³/mol. The lowest BCUT2D eigenvalue weighted by molar-refractivity contribution is -0.121. The van der Waals surface area contributed by atoms with Gasteiger partial charge in [-0.2, -0.15) is 0 Å². The minimum Gasteiger partial charge on any atom is -0.390 e. The average molecular weight is 366 g/mol. The summed E-state index contributed by atoms with van der Waals surface area (Å²) in [4.78, 5) is 27.9. The molecule has 3 N–H and O–H groups in total. The molecule has 0 bridgehead atoms. The van der Waals surface area contributed by atoms with Crippen LogP contribution in [-0.4, -0.2) is 38.8 Å². The summed E-state index contributed by atoms with van der Waals surface area (Å²) in [5, 5.41) is 15.1. The second kappa shape index (κ2) is 9.19. The van der Waals surface area contributed by atoms with Gasteiger partial charge >= 0.3 is 0 Å². The number of halogens is 1. The Balaban J connectivity index is 1.98. The van der Waals surface area contributed by atoms with Crippen molar-refractivity contribution in [2.45, 2.75) is 25.2 Å². The molecule has 0 aliphatic rings. The van der Waals surface area contributed by atoms with Crippen molar-refractivity contribution in [2.24, 2.45) is 0 Å². The first kappa shape index (κ1) is 18.9. The molecule has 0 saturated heterocycles. The molecular formula is C16H19FN4O3S. The van der Waals surface area contributed by atoms with E-state index in [1.165, 1.54) is 24.4 Å². The van der Waals surface area contributed by atoms with Crippen LogP contribution in [0.1, 0.15) is 12.6 Å². The number of thioether (sulfide) groups is 1. The monoisotopic (exact) mass is 366 g/mol. The Bertz CT molecular complexity index is 751. The number of likely N-dealkylation sites (N-methyl/N-ethyl adjacent to an activating group) is 1. The number of nitrogens with one attached hydrogen (secondary N) is 2. The van der Waals surface area contributed by atoms with E-state index in [1.807, 2.05) is 6.92 Å². The molecule has 1 aromatic carbocycles. The number of carbonyl (C=O) groups is 2. The molecule has 2 aromatic rings. The molecular weight excluding hydrogens is 347 g/mol. The number of amides is 2. The molecule has 1 aromatic heterocycles. The van der Waals surface area contributed by atoms with E-state index in [1.54, 1.807) is 10.6 Å². The van der Waals surface area contributed by atoms with Crippen molar-refractivity contribution in [1.82, 2.24) is 14.9 Å². The molecule has 2 rings (SSSR count). The van der Waals surface area contributed by atoms with Gasteiger partial charge in [-0.3, -0.25) is 9.59 Å². The largest absolute Gasteiger partial charge is 0.390 e. The van der Waals surface area contributed by atoms with Crippen molar-refractivity contribution in [2.75, 3.05) is 17.6 Å². The van der Waals surface area contributed by atoms with Gasteiger partial charge in [0.25, 0.3) is 0 Å². The Kier molecular flexibility index (Phi) is 6.96. The van der Waals surface area contributed by atoms with Crippen molar-refractivity contribution >= 4 is 29.3 Å². The molecule has 7 nitrogen and oxygen atoms in total. The van der Waals surface area contributed by atoms with E-state index in [4.69, 9.17) is 0 Å². The standard InChI is InChI=1S/C16H19FN4O3S/c1-2-18-14(23)8-21-13(9-22)7-19-16(21)25-10-15(24)20-12-5-3-4-11(17)6-12/h3-7,22H,2,8-10H2,1H3,(H,18,23)(H,20,24). The van der Waals surface area contributed by atoms with E-state index in [0.29, 0.717) is 23.1 Å². The predicted octanol–water partition coefficient (Wildman–Crippen LogP) is 1.38. The average Bonchev–Trinajstić information content (AvgIpc) is 2.95. The normalized spacial score (nSPS) is 10.5. The summed E-state index contributed by atoms with van der Waals surface area (Å²) in [6.45, 7) is 2.06. The van der Waals surface area contributed by atoms with Crippen LogP contribution in [0.4, 0.5) is 10.1 Å². The molecule has 25 heavy (non-hydrogen) atoms. The van der Waals surface area contributed by atoms with Crippen molar-refractivity contribution in [3.8, 4) is 0 Å². The highest BCUT2D eigenvalue weighted by molar-refractivity contribution is 7.99. The molecule has 0 atom stereocenters. The van der Waals surface area contributed by atoms with Gasteiger partial charge in [-0.25, -0.2) is 9.37 Å². The smallest absolute Gasteiger partial charge is 0.240 e. The Morgan fingerprint density at radius 1 is 1.36 bits per heavy atom. The molecule has 0 spiro atoms. The molecule has 0 saturated carbocycles. The third-order valence-electron chi connectivity index (χ3n) is 3.18. The fraction of sp³-hybridized carbons (Fsp3) is 0.312. The second-order valence-electron chi connectivity index (χ2n) is 5.08. The SMILES string of the molecule is CCNC(=O)Cn1c(CO)cnc1SCC(=O)Nc1cccc(F)c1. The highest BCUT2D eigenvalue weighted by Gasteiger charge is 2.14. The molecule has 9 heteroatoms. The lowest BCUT2D eigenvalue weighted by atomic mass is 10.3. The number of nitrogens with zero attached hydrogens (tertiary/aromatic N) is 2. The number of aliphatic hydroxyl groups excluding tert-OH is 1. The molecule has 1 heterocycles. The summed E-state index contributed by atoms with van der Waals surface area (Å²) >= 11 is 1.13. The summed E-state index contributed by atoms with van der Waals surface area (Å²) in [6.07, 6.45) is 1.46. The van der Waals surface area contributed by atoms with Crippen LogP contribution in [0, 0.1) is 5.82 Å². The van der Waals surface area contributed by atoms with Crippen molar-refractivity contribution < 1.29 is 19.1 Å². The van der Waals surface area contributed by atoms with E-state index < -0.39 is 5.82 Å². The summed E-state index contributed by atoms with van der Waals surface area (Å²) in [5.74, 6) is -0.932. The summed E-state index contributed by atoms with van der Waals surface area (Å²) in [5.41, 5.74) is 0.853. The number of aliphatic hydroxyl groups is 1.